The lowest BCUT2D eigenvalue weighted by Gasteiger charge is -2.34. The molecular formula is C16H20F4O. The fourth-order valence-corrected chi connectivity index (χ4v) is 3.35. The van der Waals surface area contributed by atoms with Crippen LogP contribution in [-0.4, -0.2) is 5.11 Å². The van der Waals surface area contributed by atoms with Crippen molar-refractivity contribution < 1.29 is 22.7 Å². The summed E-state index contributed by atoms with van der Waals surface area (Å²) in [5.74, 6) is -0.763. The van der Waals surface area contributed by atoms with Gasteiger partial charge in [0.05, 0.1) is 11.7 Å². The molecule has 1 fully saturated rings. The lowest BCUT2D eigenvalue weighted by molar-refractivity contribution is -0.137. The summed E-state index contributed by atoms with van der Waals surface area (Å²) in [6.45, 7) is 2.02. The maximum Gasteiger partial charge on any atom is 0.416 e. The Morgan fingerprint density at radius 1 is 1.19 bits per heavy atom. The highest BCUT2D eigenvalue weighted by atomic mass is 19.4. The Balaban J connectivity index is 2.29. The minimum Gasteiger partial charge on any atom is -0.388 e. The van der Waals surface area contributed by atoms with Gasteiger partial charge in [-0.2, -0.15) is 13.2 Å². The average molecular weight is 304 g/mol. The summed E-state index contributed by atoms with van der Waals surface area (Å²) in [4.78, 5) is 0. The van der Waals surface area contributed by atoms with Crippen LogP contribution in [-0.2, 0) is 6.18 Å². The highest BCUT2D eigenvalue weighted by Crippen LogP contribution is 2.41. The topological polar surface area (TPSA) is 20.2 Å². The molecule has 3 unspecified atom stereocenters. The van der Waals surface area contributed by atoms with Crippen LogP contribution in [0.25, 0.3) is 0 Å². The van der Waals surface area contributed by atoms with Crippen LogP contribution in [0.15, 0.2) is 18.2 Å². The number of halogens is 4. The molecule has 1 aliphatic rings. The molecule has 0 spiro atoms. The van der Waals surface area contributed by atoms with E-state index in [-0.39, 0.29) is 17.4 Å². The number of hydrogen-bond acceptors (Lipinski definition) is 1. The van der Waals surface area contributed by atoms with E-state index in [9.17, 15) is 22.7 Å². The van der Waals surface area contributed by atoms with E-state index in [0.717, 1.165) is 44.2 Å². The Morgan fingerprint density at radius 2 is 1.86 bits per heavy atom. The number of hydrogen-bond donors (Lipinski definition) is 1. The summed E-state index contributed by atoms with van der Waals surface area (Å²) >= 11 is 0. The number of aliphatic hydroxyl groups excluding tert-OH is 1. The minimum absolute atomic E-state index is 0.0349. The van der Waals surface area contributed by atoms with E-state index in [2.05, 4.69) is 0 Å². The monoisotopic (exact) mass is 304 g/mol. The van der Waals surface area contributed by atoms with Gasteiger partial charge in [-0.05, 0) is 42.0 Å². The molecule has 118 valence electrons. The van der Waals surface area contributed by atoms with Crippen LogP contribution in [0.2, 0.25) is 0 Å². The fourth-order valence-electron chi connectivity index (χ4n) is 3.35. The van der Waals surface area contributed by atoms with Crippen molar-refractivity contribution in [2.75, 3.05) is 0 Å². The van der Waals surface area contributed by atoms with Gasteiger partial charge in [0.15, 0.2) is 0 Å². The molecule has 1 aliphatic carbocycles. The second kappa shape index (κ2) is 6.34. The molecule has 2 rings (SSSR count). The zero-order valence-corrected chi connectivity index (χ0v) is 12.0. The smallest absolute Gasteiger partial charge is 0.388 e. The molecule has 3 atom stereocenters. The third-order valence-corrected chi connectivity index (χ3v) is 4.49. The normalized spacial score (nSPS) is 24.9. The Labute approximate surface area is 122 Å². The van der Waals surface area contributed by atoms with Crippen molar-refractivity contribution >= 4 is 0 Å². The second-order valence-electron chi connectivity index (χ2n) is 5.83. The van der Waals surface area contributed by atoms with E-state index in [1.54, 1.807) is 0 Å². The highest BCUT2D eigenvalue weighted by molar-refractivity contribution is 5.28. The zero-order valence-electron chi connectivity index (χ0n) is 12.0. The van der Waals surface area contributed by atoms with Crippen molar-refractivity contribution in [3.05, 3.63) is 35.1 Å². The van der Waals surface area contributed by atoms with E-state index >= 15 is 0 Å². The van der Waals surface area contributed by atoms with E-state index in [4.69, 9.17) is 0 Å². The lowest BCUT2D eigenvalue weighted by atomic mass is 9.73. The Morgan fingerprint density at radius 3 is 2.48 bits per heavy atom. The third kappa shape index (κ3) is 3.76. The van der Waals surface area contributed by atoms with Crippen molar-refractivity contribution in [1.82, 2.24) is 0 Å². The second-order valence-corrected chi connectivity index (χ2v) is 5.83. The molecule has 1 aromatic carbocycles. The maximum absolute atomic E-state index is 13.5. The van der Waals surface area contributed by atoms with E-state index in [1.807, 2.05) is 6.92 Å². The number of alkyl halides is 3. The average Bonchev–Trinajstić information content (AvgIpc) is 2.45. The predicted octanol–water partition coefficient (Wildman–Crippen LogP) is 5.09. The summed E-state index contributed by atoms with van der Waals surface area (Å²) in [5.41, 5.74) is -1.01. The molecule has 1 saturated carbocycles. The SMILES string of the molecule is CCC1CCCCC1C(O)c1cc(F)cc(C(F)(F)F)c1. The van der Waals surface area contributed by atoms with Crippen LogP contribution in [0, 0.1) is 17.7 Å². The molecule has 5 heteroatoms. The van der Waals surface area contributed by atoms with Gasteiger partial charge >= 0.3 is 6.18 Å². The van der Waals surface area contributed by atoms with Crippen molar-refractivity contribution in [1.29, 1.82) is 0 Å². The zero-order chi connectivity index (χ0) is 15.6. The molecule has 0 radical (unpaired) electrons. The molecule has 0 bridgehead atoms. The van der Waals surface area contributed by atoms with Crippen LogP contribution in [0.5, 0.6) is 0 Å². The van der Waals surface area contributed by atoms with Gasteiger partial charge in [-0.1, -0.05) is 32.6 Å². The maximum atomic E-state index is 13.5. The first-order valence-corrected chi connectivity index (χ1v) is 7.38. The number of aliphatic hydroxyl groups is 1. The third-order valence-electron chi connectivity index (χ3n) is 4.49. The Bertz CT molecular complexity index is 484. The van der Waals surface area contributed by atoms with Crippen LogP contribution in [0.3, 0.4) is 0 Å². The van der Waals surface area contributed by atoms with Crippen molar-refractivity contribution in [3.63, 3.8) is 0 Å². The largest absolute Gasteiger partial charge is 0.416 e. The fraction of sp³-hybridized carbons (Fsp3) is 0.625. The lowest BCUT2D eigenvalue weighted by Crippen LogP contribution is -2.25. The molecule has 21 heavy (non-hydrogen) atoms. The van der Waals surface area contributed by atoms with Crippen LogP contribution >= 0.6 is 0 Å². The summed E-state index contributed by atoms with van der Waals surface area (Å²) in [7, 11) is 0. The van der Waals surface area contributed by atoms with Gasteiger partial charge in [-0.25, -0.2) is 4.39 Å². The van der Waals surface area contributed by atoms with Crippen LogP contribution in [0.1, 0.15) is 56.3 Å². The summed E-state index contributed by atoms with van der Waals surface area (Å²) in [6, 6.07) is 2.35. The van der Waals surface area contributed by atoms with E-state index in [0.29, 0.717) is 6.07 Å². The molecule has 1 nitrogen and oxygen atoms in total. The summed E-state index contributed by atoms with van der Waals surface area (Å²) in [6.07, 6.45) is -0.974. The summed E-state index contributed by atoms with van der Waals surface area (Å²) in [5, 5.41) is 10.4. The first-order chi connectivity index (χ1) is 9.82. The highest BCUT2D eigenvalue weighted by Gasteiger charge is 2.34. The van der Waals surface area contributed by atoms with E-state index < -0.39 is 23.7 Å². The Kier molecular flexibility index (Phi) is 4.91. The standard InChI is InChI=1S/C16H20F4O/c1-2-10-5-3-4-6-14(10)15(21)11-7-12(16(18,19)20)9-13(17)8-11/h7-10,14-15,21H,2-6H2,1H3. The minimum atomic E-state index is -4.60. The van der Waals surface area contributed by atoms with Crippen molar-refractivity contribution in [2.45, 2.75) is 51.3 Å². The molecule has 1 aromatic rings. The van der Waals surface area contributed by atoms with Gasteiger partial charge in [0.25, 0.3) is 0 Å². The number of benzene rings is 1. The predicted molar refractivity (Wildman–Crippen MR) is 72.1 cm³/mol. The molecular weight excluding hydrogens is 284 g/mol. The summed E-state index contributed by atoms with van der Waals surface area (Å²) < 4.78 is 51.7. The van der Waals surface area contributed by atoms with Gasteiger partial charge in [-0.3, -0.25) is 0 Å². The van der Waals surface area contributed by atoms with Gasteiger partial charge in [0.1, 0.15) is 5.82 Å². The quantitative estimate of drug-likeness (QED) is 0.771. The van der Waals surface area contributed by atoms with Gasteiger partial charge in [0.2, 0.25) is 0 Å². The Hall–Kier alpha value is -1.10. The first kappa shape index (κ1) is 16.3. The first-order valence-electron chi connectivity index (χ1n) is 7.38. The van der Waals surface area contributed by atoms with Crippen molar-refractivity contribution in [3.8, 4) is 0 Å². The molecule has 0 aliphatic heterocycles. The molecule has 0 aromatic heterocycles. The van der Waals surface area contributed by atoms with Gasteiger partial charge in [0, 0.05) is 0 Å². The van der Waals surface area contributed by atoms with Crippen molar-refractivity contribution in [2.24, 2.45) is 11.8 Å². The molecule has 0 amide bonds. The van der Waals surface area contributed by atoms with Crippen LogP contribution < -0.4 is 0 Å². The van der Waals surface area contributed by atoms with Crippen LogP contribution in [0.4, 0.5) is 17.6 Å². The van der Waals surface area contributed by atoms with Gasteiger partial charge < -0.3 is 5.11 Å². The molecule has 1 N–H and O–H groups in total. The van der Waals surface area contributed by atoms with Gasteiger partial charge in [-0.15, -0.1) is 0 Å². The number of rotatable bonds is 3. The molecule has 0 heterocycles. The molecule has 0 saturated heterocycles. The van der Waals surface area contributed by atoms with E-state index in [1.165, 1.54) is 0 Å².